The Balaban J connectivity index is 0.000000496. The maximum absolute atomic E-state index is 12.0. The normalized spacial score (nSPS) is 10.3. The van der Waals surface area contributed by atoms with Crippen LogP contribution < -0.4 is 0 Å². The van der Waals surface area contributed by atoms with Crippen molar-refractivity contribution in [3.8, 4) is 0 Å². The van der Waals surface area contributed by atoms with Gasteiger partial charge in [-0.3, -0.25) is 0 Å². The molecule has 19 heteroatoms. The molecule has 0 N–H and O–H groups in total. The Labute approximate surface area is 620 Å². The molecule has 474 valence electrons. The molecule has 9 aromatic rings. The molecule has 9 rings (SSSR count). The van der Waals surface area contributed by atoms with Crippen molar-refractivity contribution in [2.45, 2.75) is 100.0 Å². The summed E-state index contributed by atoms with van der Waals surface area (Å²) in [5, 5.41) is 5.24. The van der Waals surface area contributed by atoms with Crippen LogP contribution in [0.5, 0.6) is 0 Å². The van der Waals surface area contributed by atoms with E-state index < -0.39 is 15.5 Å². The Morgan fingerprint density at radius 3 is 0.955 bits per heavy atom. The summed E-state index contributed by atoms with van der Waals surface area (Å²) in [5.41, 5.74) is 14.4. The van der Waals surface area contributed by atoms with Crippen LogP contribution >= 0.6 is 212 Å². The third-order valence-corrected chi connectivity index (χ3v) is 20.5. The molecule has 0 saturated carbocycles. The number of halogens is 19. The van der Waals surface area contributed by atoms with Gasteiger partial charge in [-0.15, -0.1) is 0 Å². The Kier molecular flexibility index (Phi) is 40.4. The van der Waals surface area contributed by atoms with Gasteiger partial charge in [-0.25, -0.2) is 0 Å². The number of aryl methyl sites for hydroxylation is 6. The van der Waals surface area contributed by atoms with E-state index in [1.807, 2.05) is 158 Å². The van der Waals surface area contributed by atoms with Crippen molar-refractivity contribution in [2.24, 2.45) is 0 Å². The van der Waals surface area contributed by atoms with Gasteiger partial charge in [0.15, 0.2) is 0 Å². The first-order valence-corrected chi connectivity index (χ1v) is 34.7. The molecule has 0 heterocycles. The van der Waals surface area contributed by atoms with Crippen LogP contribution in [0.3, 0.4) is 0 Å². The molecule has 0 spiro atoms. The second-order valence-corrected chi connectivity index (χ2v) is 29.7. The lowest BCUT2D eigenvalue weighted by molar-refractivity contribution is -0.138. The highest BCUT2D eigenvalue weighted by molar-refractivity contribution is 9.11. The van der Waals surface area contributed by atoms with Gasteiger partial charge in [0.05, 0.1) is 5.56 Å². The van der Waals surface area contributed by atoms with Crippen LogP contribution in [0.2, 0.25) is 35.2 Å². The van der Waals surface area contributed by atoms with Crippen LogP contribution in [-0.4, -0.2) is 0 Å². The Morgan fingerprint density at radius 2 is 0.625 bits per heavy atom. The molecule has 0 amide bonds. The largest absolute Gasteiger partial charge is 0.416 e. The first kappa shape index (κ1) is 84.6. The molecule has 0 nitrogen and oxygen atoms in total. The molecule has 0 radical (unpaired) electrons. The van der Waals surface area contributed by atoms with Crippen molar-refractivity contribution in [1.29, 1.82) is 0 Å². The minimum atomic E-state index is -4.22. The summed E-state index contributed by atoms with van der Waals surface area (Å²) in [6.07, 6.45) is -4.22. The quantitative estimate of drug-likeness (QED) is 0.133. The summed E-state index contributed by atoms with van der Waals surface area (Å²) in [6, 6.07) is 48.0. The standard InChI is InChI=1S/C8H8Br2.C8H8BrCl.C8H7Cl3.2C8H8Cl2.C8H7F3.C7H6Br2.C7H7Br.C7H6Cl2/c1-5-3-7(9)4-8(10)6(5)2;1-5-3-7(10)4-8(9)6(5)2;1-6-4-2-3-5-7(6)8(9,10)11;1-5-3-7(9)4-8(10)6(5)2;1-5-6(2)8(10)4-3-7(5)9;1-6-4-2-3-5-7(6)8(9,10)11;1-5-6(8)3-2-4-7(5)9;1-6-4-2-3-5-7(6)8;1-5-6(8)3-2-4-7(5)9/h2*3-4H,1-2H3;2-5H,1H3;2*3-4H,1-2H3;2-5H,1H3;2-4H,1H3;2-5H,1H3;2-4H,1H3. The molecule has 0 bridgehead atoms. The van der Waals surface area contributed by atoms with E-state index in [1.54, 1.807) is 12.1 Å². The maximum atomic E-state index is 12.0. The highest BCUT2D eigenvalue weighted by Crippen LogP contribution is 2.40. The Hall–Kier alpha value is -1.45. The number of benzene rings is 9. The average molecular weight is 1790 g/mol. The van der Waals surface area contributed by atoms with E-state index in [2.05, 4.69) is 148 Å². The van der Waals surface area contributed by atoms with Crippen LogP contribution in [0.1, 0.15) is 83.5 Å². The van der Waals surface area contributed by atoms with Crippen LogP contribution in [0, 0.1) is 90.0 Å². The summed E-state index contributed by atoms with van der Waals surface area (Å²) in [4.78, 5) is 0. The van der Waals surface area contributed by atoms with E-state index in [0.29, 0.717) is 5.02 Å². The van der Waals surface area contributed by atoms with Crippen LogP contribution in [0.25, 0.3) is 0 Å². The lowest BCUT2D eigenvalue weighted by Crippen LogP contribution is -2.06. The fourth-order valence-corrected chi connectivity index (χ4v) is 12.3. The third kappa shape index (κ3) is 31.7. The molecule has 0 atom stereocenters. The topological polar surface area (TPSA) is 0 Å². The first-order valence-electron chi connectivity index (χ1n) is 26.2. The summed E-state index contributed by atoms with van der Waals surface area (Å²) in [7, 11) is 0. The van der Waals surface area contributed by atoms with Gasteiger partial charge in [0.1, 0.15) is 0 Å². The van der Waals surface area contributed by atoms with Gasteiger partial charge >= 0.3 is 6.18 Å². The number of alkyl halides is 6. The fourth-order valence-electron chi connectivity index (χ4n) is 6.57. The number of hydrogen-bond acceptors (Lipinski definition) is 0. The Bertz CT molecular complexity index is 3270. The van der Waals surface area contributed by atoms with E-state index >= 15 is 0 Å². The molecule has 0 unspecified atom stereocenters. The predicted octanol–water partition coefficient (Wildman–Crippen LogP) is 31.2. The summed E-state index contributed by atoms with van der Waals surface area (Å²) in [6.45, 7) is 25.6. The van der Waals surface area contributed by atoms with E-state index in [1.165, 1.54) is 61.4 Å². The van der Waals surface area contributed by atoms with Gasteiger partial charge in [0, 0.05) is 67.6 Å². The molecule has 0 aliphatic heterocycles. The zero-order chi connectivity index (χ0) is 67.6. The van der Waals surface area contributed by atoms with E-state index in [9.17, 15) is 13.2 Å². The molecular formula is C69H65Br6Cl10F3. The minimum absolute atomic E-state index is 0.264. The molecule has 0 fully saturated rings. The summed E-state index contributed by atoms with van der Waals surface area (Å²) >= 11 is 78.1. The molecule has 88 heavy (non-hydrogen) atoms. The smallest absolute Gasteiger partial charge is 0.166 e. The fraction of sp³-hybridized carbons (Fsp3) is 0.217. The van der Waals surface area contributed by atoms with Gasteiger partial charge in [-0.2, -0.15) is 13.2 Å². The van der Waals surface area contributed by atoms with Crippen molar-refractivity contribution in [1.82, 2.24) is 0 Å². The van der Waals surface area contributed by atoms with Gasteiger partial charge < -0.3 is 0 Å². The molecule has 0 aromatic heterocycles. The SMILES string of the molecule is Cc1c(Br)cccc1Br.Cc1c(Cl)ccc(Cl)c1C.Cc1c(Cl)cccc1Cl.Cc1cc(Br)cc(Br)c1C.Cc1cc(Cl)cc(Br)c1C.Cc1cc(Cl)cc(Cl)c1C.Cc1ccccc1Br.Cc1ccccc1C(Cl)(Cl)Cl.Cc1ccccc1C(F)(F)F. The van der Waals surface area contributed by atoms with Crippen molar-refractivity contribution < 1.29 is 13.2 Å². The monoisotopic (exact) mass is 1770 g/mol. The first-order chi connectivity index (χ1) is 40.7. The van der Waals surface area contributed by atoms with Crippen LogP contribution in [0.15, 0.2) is 185 Å². The third-order valence-electron chi connectivity index (χ3n) is 12.7. The second kappa shape index (κ2) is 42.1. The van der Waals surface area contributed by atoms with Gasteiger partial charge in [-0.1, -0.05) is 284 Å². The van der Waals surface area contributed by atoms with E-state index in [4.69, 9.17) is 116 Å². The molecule has 0 aliphatic rings. The van der Waals surface area contributed by atoms with Crippen molar-refractivity contribution in [3.63, 3.8) is 0 Å². The predicted molar refractivity (Wildman–Crippen MR) is 405 cm³/mol. The average Bonchev–Trinajstić information content (AvgIpc) is 3.49. The number of hydrogen-bond donors (Lipinski definition) is 0. The van der Waals surface area contributed by atoms with Crippen LogP contribution in [-0.2, 0) is 9.97 Å². The lowest BCUT2D eigenvalue weighted by Gasteiger charge is -2.13. The van der Waals surface area contributed by atoms with E-state index in [0.717, 1.165) is 93.0 Å². The van der Waals surface area contributed by atoms with E-state index in [-0.39, 0.29) is 5.56 Å². The summed E-state index contributed by atoms with van der Waals surface area (Å²) in [5.74, 6) is 0. The zero-order valence-electron chi connectivity index (χ0n) is 50.2. The highest BCUT2D eigenvalue weighted by atomic mass is 79.9. The van der Waals surface area contributed by atoms with Crippen molar-refractivity contribution in [3.05, 3.63) is 303 Å². The van der Waals surface area contributed by atoms with Gasteiger partial charge in [0.25, 0.3) is 0 Å². The zero-order valence-corrected chi connectivity index (χ0v) is 67.3. The second-order valence-electron chi connectivity index (χ2n) is 19.3. The molecular weight excluding hydrogens is 1720 g/mol. The van der Waals surface area contributed by atoms with Crippen LogP contribution in [0.4, 0.5) is 13.2 Å². The molecule has 0 aliphatic carbocycles. The maximum Gasteiger partial charge on any atom is 0.416 e. The summed E-state index contributed by atoms with van der Waals surface area (Å²) < 4.78 is 41.7. The minimum Gasteiger partial charge on any atom is -0.166 e. The van der Waals surface area contributed by atoms with Crippen molar-refractivity contribution in [2.75, 3.05) is 0 Å². The highest BCUT2D eigenvalue weighted by Gasteiger charge is 2.31. The molecule has 9 aromatic carbocycles. The lowest BCUT2D eigenvalue weighted by atomic mass is 10.1. The molecule has 0 saturated heterocycles. The Morgan fingerprint density at radius 1 is 0.273 bits per heavy atom. The van der Waals surface area contributed by atoms with Crippen molar-refractivity contribution >= 4 is 212 Å². The number of rotatable bonds is 0. The van der Waals surface area contributed by atoms with Gasteiger partial charge in [0.2, 0.25) is 3.79 Å². The van der Waals surface area contributed by atoms with Gasteiger partial charge in [-0.05, 0) is 247 Å².